The maximum atomic E-state index is 5.97. The van der Waals surface area contributed by atoms with Gasteiger partial charge in [-0.1, -0.05) is 178 Å². The summed E-state index contributed by atoms with van der Waals surface area (Å²) in [6, 6.07) is 53.7. The largest absolute Gasteiger partial charge is 0.464 e. The van der Waals surface area contributed by atoms with Crippen molar-refractivity contribution in [2.24, 2.45) is 0 Å². The summed E-state index contributed by atoms with van der Waals surface area (Å²) < 4.78 is 5.97. The number of fused-ring (bicyclic) bond motifs is 1. The van der Waals surface area contributed by atoms with Crippen LogP contribution >= 0.6 is 0 Å². The number of benzene rings is 6. The van der Waals surface area contributed by atoms with Crippen molar-refractivity contribution in [2.75, 3.05) is 0 Å². The number of hydrogen-bond donors (Lipinski definition) is 2. The Morgan fingerprint density at radius 1 is 0.647 bits per heavy atom. The van der Waals surface area contributed by atoms with Gasteiger partial charge in [-0.3, -0.25) is 0 Å². The molecule has 0 bridgehead atoms. The molecule has 0 aliphatic carbocycles. The SMILES string of the molecule is C=C(NNC(CCC)(c1ccccc1)c1ccc(-c2ccc(-c3ccccc3)cc2)cc1-c1ccccc1)c1cccc2c1C(=C)/C=C\C=C/O2. The van der Waals surface area contributed by atoms with Crippen LogP contribution in [0.3, 0.4) is 0 Å². The van der Waals surface area contributed by atoms with E-state index in [1.807, 2.05) is 30.4 Å². The first-order valence-electron chi connectivity index (χ1n) is 17.5. The van der Waals surface area contributed by atoms with Crippen LogP contribution in [0.25, 0.3) is 44.7 Å². The number of ether oxygens (including phenoxy) is 1. The van der Waals surface area contributed by atoms with Gasteiger partial charge in [0.15, 0.2) is 0 Å². The molecule has 0 saturated heterocycles. The zero-order valence-electron chi connectivity index (χ0n) is 29.0. The third-order valence-corrected chi connectivity index (χ3v) is 9.56. The average Bonchev–Trinajstić information content (AvgIpc) is 3.19. The van der Waals surface area contributed by atoms with Crippen molar-refractivity contribution in [3.8, 4) is 39.1 Å². The fraction of sp³-hybridized carbons (Fsp3) is 0.0833. The zero-order chi connectivity index (χ0) is 35.0. The van der Waals surface area contributed by atoms with E-state index in [-0.39, 0.29) is 0 Å². The molecule has 2 N–H and O–H groups in total. The quantitative estimate of drug-likeness (QED) is 0.135. The van der Waals surface area contributed by atoms with E-state index in [4.69, 9.17) is 4.74 Å². The molecule has 0 radical (unpaired) electrons. The summed E-state index contributed by atoms with van der Waals surface area (Å²) in [7, 11) is 0. The van der Waals surface area contributed by atoms with Crippen LogP contribution in [0.2, 0.25) is 0 Å². The summed E-state index contributed by atoms with van der Waals surface area (Å²) >= 11 is 0. The van der Waals surface area contributed by atoms with Gasteiger partial charge in [0.25, 0.3) is 0 Å². The van der Waals surface area contributed by atoms with Crippen LogP contribution in [0.5, 0.6) is 5.75 Å². The van der Waals surface area contributed by atoms with Crippen molar-refractivity contribution >= 4 is 11.3 Å². The van der Waals surface area contributed by atoms with Crippen molar-refractivity contribution in [1.82, 2.24) is 10.9 Å². The van der Waals surface area contributed by atoms with Crippen LogP contribution in [0.15, 0.2) is 189 Å². The Kier molecular flexibility index (Phi) is 9.91. The highest BCUT2D eigenvalue weighted by Gasteiger charge is 2.36. The van der Waals surface area contributed by atoms with E-state index in [2.05, 4.69) is 170 Å². The predicted molar refractivity (Wildman–Crippen MR) is 215 cm³/mol. The highest BCUT2D eigenvalue weighted by Crippen LogP contribution is 2.42. The molecule has 0 amide bonds. The Hall–Kier alpha value is -6.16. The first-order valence-corrected chi connectivity index (χ1v) is 17.5. The highest BCUT2D eigenvalue weighted by atomic mass is 16.5. The molecular formula is C48H42N2O. The van der Waals surface area contributed by atoms with Gasteiger partial charge >= 0.3 is 0 Å². The van der Waals surface area contributed by atoms with Gasteiger partial charge in [-0.15, -0.1) is 0 Å². The number of hydrazine groups is 1. The lowest BCUT2D eigenvalue weighted by molar-refractivity contribution is 0.346. The van der Waals surface area contributed by atoms with Crippen molar-refractivity contribution in [3.05, 3.63) is 212 Å². The molecule has 0 spiro atoms. The van der Waals surface area contributed by atoms with Crippen LogP contribution in [-0.4, -0.2) is 0 Å². The molecule has 3 heteroatoms. The van der Waals surface area contributed by atoms with E-state index in [0.29, 0.717) is 0 Å². The lowest BCUT2D eigenvalue weighted by Gasteiger charge is -2.38. The molecular weight excluding hydrogens is 621 g/mol. The standard InChI is InChI=1S/C48H42N2O/c1-4-32-48(42-22-12-7-13-23-42,50-49-36(3)43-24-16-25-46-47(43)35(2)17-14-15-33-51-46)45-31-30-41(34-44(45)40-20-10-6-11-21-40)39-28-26-38(27-29-39)37-18-8-5-9-19-37/h5-31,33-34,49-50H,2-4,32H2,1H3/b17-14-,33-15-. The summed E-state index contributed by atoms with van der Waals surface area (Å²) in [5.41, 5.74) is 19.7. The fourth-order valence-electron chi connectivity index (χ4n) is 7.05. The molecule has 1 heterocycles. The van der Waals surface area contributed by atoms with E-state index in [0.717, 1.165) is 57.7 Å². The lowest BCUT2D eigenvalue weighted by Crippen LogP contribution is -2.50. The van der Waals surface area contributed by atoms with E-state index in [1.54, 1.807) is 6.26 Å². The molecule has 7 rings (SSSR count). The Balaban J connectivity index is 1.33. The molecule has 250 valence electrons. The van der Waals surface area contributed by atoms with Crippen LogP contribution in [0, 0.1) is 0 Å². The third kappa shape index (κ3) is 6.98. The van der Waals surface area contributed by atoms with E-state index in [1.165, 1.54) is 27.8 Å². The zero-order valence-corrected chi connectivity index (χ0v) is 29.0. The van der Waals surface area contributed by atoms with Gasteiger partial charge in [0.2, 0.25) is 0 Å². The number of hydrogen-bond acceptors (Lipinski definition) is 3. The molecule has 0 saturated carbocycles. The minimum atomic E-state index is -0.612. The number of nitrogens with one attached hydrogen (secondary N) is 2. The first kappa shape index (κ1) is 33.3. The smallest absolute Gasteiger partial charge is 0.134 e. The van der Waals surface area contributed by atoms with Crippen molar-refractivity contribution < 1.29 is 4.74 Å². The third-order valence-electron chi connectivity index (χ3n) is 9.56. The molecule has 6 aromatic carbocycles. The Bertz CT molecular complexity index is 2200. The summed E-state index contributed by atoms with van der Waals surface area (Å²) in [6.45, 7) is 11.1. The van der Waals surface area contributed by atoms with Gasteiger partial charge in [0, 0.05) is 16.8 Å². The van der Waals surface area contributed by atoms with Gasteiger partial charge < -0.3 is 10.2 Å². The van der Waals surface area contributed by atoms with Gasteiger partial charge in [0.05, 0.1) is 11.8 Å². The van der Waals surface area contributed by atoms with Gasteiger partial charge in [-0.05, 0) is 74.7 Å². The Labute approximate surface area is 302 Å². The van der Waals surface area contributed by atoms with Crippen LogP contribution in [0.4, 0.5) is 0 Å². The van der Waals surface area contributed by atoms with Crippen molar-refractivity contribution in [1.29, 1.82) is 0 Å². The average molecular weight is 663 g/mol. The molecule has 6 aromatic rings. The van der Waals surface area contributed by atoms with Crippen LogP contribution < -0.4 is 15.6 Å². The van der Waals surface area contributed by atoms with E-state index >= 15 is 0 Å². The van der Waals surface area contributed by atoms with E-state index in [9.17, 15) is 0 Å². The molecule has 1 aliphatic rings. The second kappa shape index (κ2) is 15.2. The normalized spacial score (nSPS) is 14.6. The summed E-state index contributed by atoms with van der Waals surface area (Å²) in [5.74, 6) is 0.739. The monoisotopic (exact) mass is 662 g/mol. The van der Waals surface area contributed by atoms with Crippen molar-refractivity contribution in [3.63, 3.8) is 0 Å². The molecule has 3 nitrogen and oxygen atoms in total. The van der Waals surface area contributed by atoms with Gasteiger partial charge in [-0.2, -0.15) is 0 Å². The summed E-state index contributed by atoms with van der Waals surface area (Å²) in [4.78, 5) is 0. The second-order valence-corrected chi connectivity index (χ2v) is 12.8. The van der Waals surface area contributed by atoms with Gasteiger partial charge in [0.1, 0.15) is 5.75 Å². The molecule has 1 aliphatic heterocycles. The molecule has 0 fully saturated rings. The molecule has 1 unspecified atom stereocenters. The minimum absolute atomic E-state index is 0.612. The fourth-order valence-corrected chi connectivity index (χ4v) is 7.05. The number of allylic oxidation sites excluding steroid dienone is 4. The second-order valence-electron chi connectivity index (χ2n) is 12.8. The maximum absolute atomic E-state index is 5.97. The number of rotatable bonds is 11. The van der Waals surface area contributed by atoms with Crippen molar-refractivity contribution in [2.45, 2.75) is 25.3 Å². The molecule has 51 heavy (non-hydrogen) atoms. The predicted octanol–water partition coefficient (Wildman–Crippen LogP) is 12.0. The Morgan fingerprint density at radius 2 is 1.25 bits per heavy atom. The molecule has 0 aromatic heterocycles. The Morgan fingerprint density at radius 3 is 1.94 bits per heavy atom. The minimum Gasteiger partial charge on any atom is -0.464 e. The highest BCUT2D eigenvalue weighted by molar-refractivity contribution is 5.85. The topological polar surface area (TPSA) is 33.3 Å². The maximum Gasteiger partial charge on any atom is 0.134 e. The summed E-state index contributed by atoms with van der Waals surface area (Å²) in [5, 5.41) is 0. The summed E-state index contributed by atoms with van der Waals surface area (Å²) in [6.07, 6.45) is 9.26. The lowest BCUT2D eigenvalue weighted by atomic mass is 9.76. The molecule has 1 atom stereocenters. The first-order chi connectivity index (χ1) is 25.1. The van der Waals surface area contributed by atoms with Crippen LogP contribution in [0.1, 0.15) is 42.0 Å². The van der Waals surface area contributed by atoms with Gasteiger partial charge in [-0.25, -0.2) is 5.43 Å². The van der Waals surface area contributed by atoms with E-state index < -0.39 is 5.54 Å². The van der Waals surface area contributed by atoms with Crippen LogP contribution in [-0.2, 0) is 5.54 Å².